The maximum absolute atomic E-state index is 13.8. The average molecular weight is 591 g/mol. The van der Waals surface area contributed by atoms with Crippen LogP contribution < -0.4 is 23.8 Å². The minimum Gasteiger partial charge on any atom is -0.493 e. The quantitative estimate of drug-likeness (QED) is 0.269. The van der Waals surface area contributed by atoms with E-state index in [2.05, 4.69) is 14.7 Å². The van der Waals surface area contributed by atoms with Crippen molar-refractivity contribution < 1.29 is 27.4 Å². The van der Waals surface area contributed by atoms with Gasteiger partial charge < -0.3 is 14.2 Å². The lowest BCUT2D eigenvalue weighted by Crippen LogP contribution is -2.32. The zero-order valence-corrected chi connectivity index (χ0v) is 24.2. The van der Waals surface area contributed by atoms with E-state index < -0.39 is 10.0 Å². The minimum atomic E-state index is -3.87. The highest BCUT2D eigenvalue weighted by Crippen LogP contribution is 2.39. The van der Waals surface area contributed by atoms with Crippen molar-refractivity contribution in [2.45, 2.75) is 11.8 Å². The molecular formula is C29H26N4O6S2. The van der Waals surface area contributed by atoms with Crippen LogP contribution in [-0.4, -0.2) is 46.5 Å². The van der Waals surface area contributed by atoms with E-state index in [-0.39, 0.29) is 21.6 Å². The van der Waals surface area contributed by atoms with Crippen molar-refractivity contribution >= 4 is 50.0 Å². The van der Waals surface area contributed by atoms with Crippen LogP contribution in [0.1, 0.15) is 16.8 Å². The molecule has 4 aromatic rings. The molecule has 0 aliphatic carbocycles. The van der Waals surface area contributed by atoms with E-state index in [0.717, 1.165) is 5.69 Å². The molecule has 1 amide bonds. The summed E-state index contributed by atoms with van der Waals surface area (Å²) in [4.78, 5) is 24.1. The predicted molar refractivity (Wildman–Crippen MR) is 159 cm³/mol. The van der Waals surface area contributed by atoms with E-state index in [4.69, 9.17) is 14.2 Å². The number of thiazole rings is 1. The maximum Gasteiger partial charge on any atom is 0.282 e. The Balaban J connectivity index is 1.52. The lowest BCUT2D eigenvalue weighted by molar-refractivity contribution is -0.113. The van der Waals surface area contributed by atoms with Gasteiger partial charge in [0.2, 0.25) is 5.75 Å². The van der Waals surface area contributed by atoms with Crippen LogP contribution in [0.15, 0.2) is 87.7 Å². The minimum absolute atomic E-state index is 0.0344. The molecular weight excluding hydrogens is 564 g/mol. The molecule has 0 radical (unpaired) electrons. The van der Waals surface area contributed by atoms with Crippen LogP contribution in [0.2, 0.25) is 0 Å². The molecule has 0 unspecified atom stereocenters. The third-order valence-corrected chi connectivity index (χ3v) is 8.49. The highest BCUT2D eigenvalue weighted by atomic mass is 32.2. The first-order valence-electron chi connectivity index (χ1n) is 12.3. The van der Waals surface area contributed by atoms with E-state index in [9.17, 15) is 13.2 Å². The summed E-state index contributed by atoms with van der Waals surface area (Å²) in [6, 6.07) is 18.7. The first-order valence-corrected chi connectivity index (χ1v) is 14.7. The van der Waals surface area contributed by atoms with Crippen LogP contribution in [0, 0.1) is 6.92 Å². The van der Waals surface area contributed by atoms with Crippen molar-refractivity contribution in [3.8, 4) is 17.2 Å². The molecule has 1 N–H and O–H groups in total. The van der Waals surface area contributed by atoms with Gasteiger partial charge in [-0.25, -0.2) is 18.4 Å². The summed E-state index contributed by atoms with van der Waals surface area (Å²) in [7, 11) is 0.670. The van der Waals surface area contributed by atoms with Crippen molar-refractivity contribution in [3.63, 3.8) is 0 Å². The number of hydrogen-bond acceptors (Lipinski definition) is 9. The van der Waals surface area contributed by atoms with Crippen molar-refractivity contribution in [1.29, 1.82) is 0 Å². The molecule has 0 fully saturated rings. The molecule has 5 rings (SSSR count). The van der Waals surface area contributed by atoms with Gasteiger partial charge in [0.1, 0.15) is 11.5 Å². The van der Waals surface area contributed by atoms with Crippen molar-refractivity contribution in [3.05, 3.63) is 94.6 Å². The number of anilines is 2. The summed E-state index contributed by atoms with van der Waals surface area (Å²) in [5.74, 6) is 1.32. The fourth-order valence-electron chi connectivity index (χ4n) is 4.23. The Morgan fingerprint density at radius 1 is 0.927 bits per heavy atom. The Kier molecular flexibility index (Phi) is 7.77. The number of aromatic nitrogens is 1. The Labute approximate surface area is 241 Å². The monoisotopic (exact) mass is 590 g/mol. The first-order chi connectivity index (χ1) is 19.7. The van der Waals surface area contributed by atoms with Gasteiger partial charge in [0.15, 0.2) is 16.6 Å². The van der Waals surface area contributed by atoms with Gasteiger partial charge in [-0.2, -0.15) is 0 Å². The number of nitrogens with one attached hydrogen (secondary N) is 1. The fourth-order valence-corrected chi connectivity index (χ4v) is 6.17. The molecule has 12 heteroatoms. The molecule has 0 saturated carbocycles. The van der Waals surface area contributed by atoms with Crippen molar-refractivity contribution in [2.75, 3.05) is 31.0 Å². The molecule has 1 aliphatic rings. The second-order valence-electron chi connectivity index (χ2n) is 8.82. The van der Waals surface area contributed by atoms with Crippen LogP contribution >= 0.6 is 11.3 Å². The van der Waals surface area contributed by atoms with Crippen molar-refractivity contribution in [2.24, 2.45) is 4.99 Å². The molecule has 0 atom stereocenters. The lowest BCUT2D eigenvalue weighted by Gasteiger charge is -2.19. The number of ether oxygens (including phenoxy) is 3. The number of methoxy groups -OCH3 is 3. The summed E-state index contributed by atoms with van der Waals surface area (Å²) in [5.41, 5.74) is 2.68. The Morgan fingerprint density at radius 3 is 2.15 bits per heavy atom. The molecule has 1 aliphatic heterocycles. The zero-order chi connectivity index (χ0) is 29.1. The standard InChI is InChI=1S/C29H26N4O6S2/c1-18-17-40-29(30-18)32-41(35,36)22-12-10-21(11-13-22)33-27(20-8-6-5-7-9-20)31-23(28(33)34)14-19-15-24(37-2)26(39-4)25(16-19)38-3/h5-17H,1-4H3,(H,30,32)/b23-14+. The Bertz CT molecular complexity index is 1740. The molecule has 0 saturated heterocycles. The smallest absolute Gasteiger partial charge is 0.282 e. The van der Waals surface area contributed by atoms with E-state index >= 15 is 0 Å². The van der Waals surface area contributed by atoms with E-state index in [0.29, 0.717) is 39.9 Å². The number of amidine groups is 1. The second kappa shape index (κ2) is 11.4. The van der Waals surface area contributed by atoms with Gasteiger partial charge in [-0.3, -0.25) is 14.4 Å². The molecule has 10 nitrogen and oxygen atoms in total. The second-order valence-corrected chi connectivity index (χ2v) is 11.4. The lowest BCUT2D eigenvalue weighted by atomic mass is 10.1. The van der Waals surface area contributed by atoms with Crippen molar-refractivity contribution in [1.82, 2.24) is 4.98 Å². The largest absolute Gasteiger partial charge is 0.493 e. The highest BCUT2D eigenvalue weighted by Gasteiger charge is 2.33. The van der Waals surface area contributed by atoms with E-state index in [1.165, 1.54) is 49.7 Å². The van der Waals surface area contributed by atoms with Crippen LogP contribution in [-0.2, 0) is 14.8 Å². The normalized spacial score (nSPS) is 14.2. The number of sulfonamides is 1. The molecule has 41 heavy (non-hydrogen) atoms. The first kappa shape index (κ1) is 27.9. The number of aryl methyl sites for hydroxylation is 1. The van der Waals surface area contributed by atoms with E-state index in [1.807, 2.05) is 30.3 Å². The number of aliphatic imine (C=N–C) groups is 1. The van der Waals surface area contributed by atoms with Gasteiger partial charge in [-0.05, 0) is 55.0 Å². The Hall–Kier alpha value is -4.68. The third-order valence-electron chi connectivity index (χ3n) is 6.13. The topological polar surface area (TPSA) is 119 Å². The molecule has 0 spiro atoms. The molecule has 2 heterocycles. The zero-order valence-electron chi connectivity index (χ0n) is 22.6. The number of nitrogens with zero attached hydrogens (tertiary/aromatic N) is 3. The molecule has 0 bridgehead atoms. The average Bonchev–Trinajstić information content (AvgIpc) is 3.54. The number of amides is 1. The molecule has 210 valence electrons. The van der Waals surface area contributed by atoms with Gasteiger partial charge in [0.05, 0.1) is 37.6 Å². The summed E-state index contributed by atoms with van der Waals surface area (Å²) < 4.78 is 44.6. The van der Waals surface area contributed by atoms with Crippen LogP contribution in [0.5, 0.6) is 17.2 Å². The number of carbonyl (C=O) groups is 1. The number of benzene rings is 3. The number of carbonyl (C=O) groups excluding carboxylic acids is 1. The third kappa shape index (κ3) is 5.65. The summed E-state index contributed by atoms with van der Waals surface area (Å²) in [6.07, 6.45) is 1.63. The summed E-state index contributed by atoms with van der Waals surface area (Å²) in [6.45, 7) is 1.78. The number of rotatable bonds is 9. The maximum atomic E-state index is 13.8. The predicted octanol–water partition coefficient (Wildman–Crippen LogP) is 5.11. The summed E-state index contributed by atoms with van der Waals surface area (Å²) >= 11 is 1.20. The molecule has 1 aromatic heterocycles. The van der Waals surface area contributed by atoms with Crippen LogP contribution in [0.4, 0.5) is 10.8 Å². The number of hydrogen-bond donors (Lipinski definition) is 1. The van der Waals surface area contributed by atoms with Crippen LogP contribution in [0.25, 0.3) is 6.08 Å². The van der Waals surface area contributed by atoms with E-state index in [1.54, 1.807) is 42.6 Å². The SMILES string of the molecule is COc1cc(/C=C2/N=C(c3ccccc3)N(c3ccc(S(=O)(=O)Nc4nc(C)cs4)cc3)C2=O)cc(OC)c1OC. The Morgan fingerprint density at radius 2 is 1.59 bits per heavy atom. The van der Waals surface area contributed by atoms with Gasteiger partial charge >= 0.3 is 0 Å². The van der Waals surface area contributed by atoms with Crippen LogP contribution in [0.3, 0.4) is 0 Å². The molecule has 3 aromatic carbocycles. The van der Waals surface area contributed by atoms with Gasteiger partial charge in [0, 0.05) is 10.9 Å². The fraction of sp³-hybridized carbons (Fsp3) is 0.138. The summed E-state index contributed by atoms with van der Waals surface area (Å²) in [5, 5.41) is 2.04. The van der Waals surface area contributed by atoms with Gasteiger partial charge in [-0.1, -0.05) is 30.3 Å². The highest BCUT2D eigenvalue weighted by molar-refractivity contribution is 7.93. The van der Waals surface area contributed by atoms with Gasteiger partial charge in [-0.15, -0.1) is 11.3 Å². The van der Waals surface area contributed by atoms with Gasteiger partial charge in [0.25, 0.3) is 15.9 Å².